The second-order valence-corrected chi connectivity index (χ2v) is 5.52. The molecule has 1 N–H and O–H groups in total. The molecule has 0 heterocycles. The van der Waals surface area contributed by atoms with Crippen LogP contribution in [0.3, 0.4) is 0 Å². The molecule has 7 heteroatoms. The van der Waals surface area contributed by atoms with Gasteiger partial charge in [-0.15, -0.1) is 0 Å². The number of hydrogen-bond donors (Lipinski definition) is 1. The van der Waals surface area contributed by atoms with Gasteiger partial charge in [-0.05, 0) is 32.8 Å². The maximum atomic E-state index is 11.6. The smallest absolute Gasteiger partial charge is 0.408 e. The monoisotopic (exact) mass is 294 g/mol. The van der Waals surface area contributed by atoms with Gasteiger partial charge in [0.15, 0.2) is 0 Å². The van der Waals surface area contributed by atoms with Gasteiger partial charge in [0.05, 0.1) is 11.0 Å². The van der Waals surface area contributed by atoms with Crippen LogP contribution >= 0.6 is 0 Å². The lowest BCUT2D eigenvalue weighted by molar-refractivity contribution is -0.384. The van der Waals surface area contributed by atoms with Crippen LogP contribution in [0, 0.1) is 10.1 Å². The standard InChI is InChI=1S/C14H18N2O5/c1-14(2,3)21-13(18)15-11(9-17)8-10-4-6-12(7-5-10)16(19)20/h4-7,9,11H,8H2,1-3H3,(H,15,18)/t11-/m0/s1. The number of nitro benzene ring substituents is 1. The fourth-order valence-corrected chi connectivity index (χ4v) is 1.60. The Balaban J connectivity index is 2.63. The maximum absolute atomic E-state index is 11.6. The zero-order valence-corrected chi connectivity index (χ0v) is 12.2. The minimum Gasteiger partial charge on any atom is -0.444 e. The third kappa shape index (κ3) is 6.03. The van der Waals surface area contributed by atoms with Crippen molar-refractivity contribution in [2.45, 2.75) is 38.8 Å². The highest BCUT2D eigenvalue weighted by Crippen LogP contribution is 2.13. The molecule has 1 aromatic carbocycles. The molecule has 1 aromatic rings. The van der Waals surface area contributed by atoms with Crippen LogP contribution in [0.4, 0.5) is 10.5 Å². The van der Waals surface area contributed by atoms with Crippen molar-refractivity contribution in [1.82, 2.24) is 5.32 Å². The molecule has 21 heavy (non-hydrogen) atoms. The van der Waals surface area contributed by atoms with Gasteiger partial charge in [-0.2, -0.15) is 0 Å². The van der Waals surface area contributed by atoms with Crippen LogP contribution in [0.5, 0.6) is 0 Å². The Morgan fingerprint density at radius 3 is 2.38 bits per heavy atom. The van der Waals surface area contributed by atoms with Gasteiger partial charge in [0.1, 0.15) is 11.9 Å². The van der Waals surface area contributed by atoms with Gasteiger partial charge in [0, 0.05) is 12.1 Å². The number of rotatable bonds is 5. The van der Waals surface area contributed by atoms with E-state index in [1.165, 1.54) is 12.1 Å². The average molecular weight is 294 g/mol. The topological polar surface area (TPSA) is 98.5 Å². The second-order valence-electron chi connectivity index (χ2n) is 5.52. The fourth-order valence-electron chi connectivity index (χ4n) is 1.60. The van der Waals surface area contributed by atoms with E-state index >= 15 is 0 Å². The minimum atomic E-state index is -0.749. The summed E-state index contributed by atoms with van der Waals surface area (Å²) >= 11 is 0. The molecule has 1 amide bonds. The third-order valence-electron chi connectivity index (χ3n) is 2.47. The first-order valence-corrected chi connectivity index (χ1v) is 6.39. The van der Waals surface area contributed by atoms with Gasteiger partial charge in [0.25, 0.3) is 5.69 Å². The van der Waals surface area contributed by atoms with Crippen LogP contribution in [-0.4, -0.2) is 28.9 Å². The summed E-state index contributed by atoms with van der Waals surface area (Å²) < 4.78 is 5.06. The van der Waals surface area contributed by atoms with Crippen LogP contribution in [0.2, 0.25) is 0 Å². The average Bonchev–Trinajstić information content (AvgIpc) is 2.36. The van der Waals surface area contributed by atoms with Crippen LogP contribution in [0.1, 0.15) is 26.3 Å². The number of nitro groups is 1. The number of carbonyl (C=O) groups is 2. The first-order chi connectivity index (χ1) is 9.71. The number of amides is 1. The van der Waals surface area contributed by atoms with Crippen molar-refractivity contribution < 1.29 is 19.2 Å². The van der Waals surface area contributed by atoms with E-state index < -0.39 is 22.7 Å². The predicted molar refractivity (Wildman–Crippen MR) is 76.0 cm³/mol. The van der Waals surface area contributed by atoms with E-state index in [1.807, 2.05) is 0 Å². The first kappa shape index (κ1) is 16.6. The number of carbonyl (C=O) groups excluding carboxylic acids is 2. The molecule has 0 fully saturated rings. The van der Waals surface area contributed by atoms with E-state index in [2.05, 4.69) is 5.32 Å². The van der Waals surface area contributed by atoms with Gasteiger partial charge in [-0.1, -0.05) is 12.1 Å². The van der Waals surface area contributed by atoms with Gasteiger partial charge in [0.2, 0.25) is 0 Å². The number of nitrogens with zero attached hydrogens (tertiary/aromatic N) is 1. The molecule has 0 saturated heterocycles. The Labute approximate surface area is 122 Å². The summed E-state index contributed by atoms with van der Waals surface area (Å²) in [6.07, 6.45) is 0.160. The van der Waals surface area contributed by atoms with E-state index in [0.29, 0.717) is 11.8 Å². The van der Waals surface area contributed by atoms with Crippen LogP contribution in [0.25, 0.3) is 0 Å². The van der Waals surface area contributed by atoms with Crippen LogP contribution < -0.4 is 5.32 Å². The van der Waals surface area contributed by atoms with Crippen molar-refractivity contribution in [3.8, 4) is 0 Å². The Hall–Kier alpha value is -2.44. The van der Waals surface area contributed by atoms with E-state index in [1.54, 1.807) is 32.9 Å². The summed E-state index contributed by atoms with van der Waals surface area (Å²) in [6, 6.07) is 5.05. The number of aldehydes is 1. The maximum Gasteiger partial charge on any atom is 0.408 e. The summed E-state index contributed by atoms with van der Waals surface area (Å²) in [5.41, 5.74) is 0.0282. The second kappa shape index (κ2) is 6.83. The lowest BCUT2D eigenvalue weighted by atomic mass is 10.1. The molecule has 0 aliphatic carbocycles. The number of benzene rings is 1. The third-order valence-corrected chi connectivity index (χ3v) is 2.47. The first-order valence-electron chi connectivity index (χ1n) is 6.39. The molecule has 0 saturated carbocycles. The molecule has 0 bridgehead atoms. The van der Waals surface area contributed by atoms with Crippen molar-refractivity contribution >= 4 is 18.1 Å². The van der Waals surface area contributed by atoms with Crippen molar-refractivity contribution in [2.75, 3.05) is 0 Å². The van der Waals surface area contributed by atoms with Gasteiger partial charge < -0.3 is 14.8 Å². The van der Waals surface area contributed by atoms with E-state index in [4.69, 9.17) is 4.74 Å². The number of ether oxygens (including phenoxy) is 1. The van der Waals surface area contributed by atoms with Gasteiger partial charge >= 0.3 is 6.09 Å². The van der Waals surface area contributed by atoms with E-state index in [-0.39, 0.29) is 12.1 Å². The van der Waals surface area contributed by atoms with E-state index in [9.17, 15) is 19.7 Å². The van der Waals surface area contributed by atoms with Crippen molar-refractivity contribution in [1.29, 1.82) is 0 Å². The predicted octanol–water partition coefficient (Wildman–Crippen LogP) is 2.23. The lowest BCUT2D eigenvalue weighted by Crippen LogP contribution is -2.41. The molecule has 0 spiro atoms. The van der Waals surface area contributed by atoms with Gasteiger partial charge in [-0.3, -0.25) is 10.1 Å². The Morgan fingerprint density at radius 2 is 1.95 bits per heavy atom. The zero-order valence-electron chi connectivity index (χ0n) is 12.2. The number of nitrogens with one attached hydrogen (secondary N) is 1. The van der Waals surface area contributed by atoms with Crippen molar-refractivity contribution in [3.63, 3.8) is 0 Å². The summed E-state index contributed by atoms with van der Waals surface area (Å²) in [4.78, 5) is 32.6. The molecule has 114 valence electrons. The highest BCUT2D eigenvalue weighted by atomic mass is 16.6. The Bertz CT molecular complexity index is 519. The number of hydrogen-bond acceptors (Lipinski definition) is 5. The molecule has 7 nitrogen and oxygen atoms in total. The molecule has 0 aliphatic rings. The molecule has 0 radical (unpaired) electrons. The van der Waals surface area contributed by atoms with Crippen molar-refractivity contribution in [2.24, 2.45) is 0 Å². The Morgan fingerprint density at radius 1 is 1.38 bits per heavy atom. The molecule has 0 unspecified atom stereocenters. The molecule has 0 aromatic heterocycles. The zero-order chi connectivity index (χ0) is 16.0. The quantitative estimate of drug-likeness (QED) is 0.510. The number of non-ortho nitro benzene ring substituents is 1. The lowest BCUT2D eigenvalue weighted by Gasteiger charge is -2.21. The molecule has 1 rings (SSSR count). The van der Waals surface area contributed by atoms with Crippen LogP contribution in [0.15, 0.2) is 24.3 Å². The van der Waals surface area contributed by atoms with Crippen molar-refractivity contribution in [3.05, 3.63) is 39.9 Å². The summed E-state index contributed by atoms with van der Waals surface area (Å²) in [7, 11) is 0. The normalized spacial score (nSPS) is 12.3. The molecule has 1 atom stereocenters. The van der Waals surface area contributed by atoms with Crippen LogP contribution in [-0.2, 0) is 16.0 Å². The SMILES string of the molecule is CC(C)(C)OC(=O)N[C@H](C=O)Cc1ccc([N+](=O)[O-])cc1. The number of alkyl carbamates (subject to hydrolysis) is 1. The molecular weight excluding hydrogens is 276 g/mol. The summed E-state index contributed by atoms with van der Waals surface area (Å²) in [5.74, 6) is 0. The minimum absolute atomic E-state index is 0.0264. The fraction of sp³-hybridized carbons (Fsp3) is 0.429. The Kier molecular flexibility index (Phi) is 5.40. The summed E-state index contributed by atoms with van der Waals surface area (Å²) in [6.45, 7) is 5.16. The largest absolute Gasteiger partial charge is 0.444 e. The molecule has 0 aliphatic heterocycles. The highest BCUT2D eigenvalue weighted by molar-refractivity contribution is 5.73. The van der Waals surface area contributed by atoms with Gasteiger partial charge in [-0.25, -0.2) is 4.79 Å². The van der Waals surface area contributed by atoms with E-state index in [0.717, 1.165) is 0 Å². The summed E-state index contributed by atoms with van der Waals surface area (Å²) in [5, 5.41) is 13.0. The molecular formula is C14H18N2O5. The highest BCUT2D eigenvalue weighted by Gasteiger charge is 2.19.